The van der Waals surface area contributed by atoms with Crippen LogP contribution in [0.3, 0.4) is 0 Å². The number of halogens is 1. The van der Waals surface area contributed by atoms with Crippen LogP contribution < -0.4 is 0 Å². The number of rotatable bonds is 6. The standard InChI is InChI=1S/C12H11FO4/c13-9-3-1-2-8(6-9)11(15)7-10(14)4-5-12(16)17/h1-3,6H,4-5,7H2,(H,16,17). The van der Waals surface area contributed by atoms with Crippen molar-refractivity contribution in [1.82, 2.24) is 0 Å². The van der Waals surface area contributed by atoms with Gasteiger partial charge >= 0.3 is 5.97 Å². The summed E-state index contributed by atoms with van der Waals surface area (Å²) in [5.74, 6) is -2.59. The Bertz CT molecular complexity index is 454. The Kier molecular flexibility index (Phi) is 4.51. The van der Waals surface area contributed by atoms with Crippen LogP contribution >= 0.6 is 0 Å². The molecular weight excluding hydrogens is 227 g/mol. The Balaban J connectivity index is 2.55. The molecule has 90 valence electrons. The number of carboxylic acid groups (broad SMARTS) is 1. The summed E-state index contributed by atoms with van der Waals surface area (Å²) in [6, 6.07) is 5.04. The summed E-state index contributed by atoms with van der Waals surface area (Å²) in [5, 5.41) is 8.36. The van der Waals surface area contributed by atoms with Gasteiger partial charge in [-0.2, -0.15) is 0 Å². The molecule has 1 aromatic rings. The van der Waals surface area contributed by atoms with Gasteiger partial charge in [0.2, 0.25) is 0 Å². The zero-order chi connectivity index (χ0) is 12.8. The molecule has 0 heterocycles. The second-order valence-corrected chi connectivity index (χ2v) is 3.54. The number of hydrogen-bond acceptors (Lipinski definition) is 3. The van der Waals surface area contributed by atoms with Gasteiger partial charge < -0.3 is 5.11 Å². The van der Waals surface area contributed by atoms with Crippen molar-refractivity contribution in [3.05, 3.63) is 35.6 Å². The van der Waals surface area contributed by atoms with Gasteiger partial charge in [-0.3, -0.25) is 14.4 Å². The molecule has 1 aromatic carbocycles. The Morgan fingerprint density at radius 1 is 1.18 bits per heavy atom. The molecule has 5 heteroatoms. The monoisotopic (exact) mass is 238 g/mol. The number of Topliss-reactive ketones (excluding diaryl/α,β-unsaturated/α-hetero) is 2. The highest BCUT2D eigenvalue weighted by Crippen LogP contribution is 2.08. The van der Waals surface area contributed by atoms with Gasteiger partial charge in [0.1, 0.15) is 11.6 Å². The maximum absolute atomic E-state index is 12.8. The Morgan fingerprint density at radius 3 is 2.47 bits per heavy atom. The van der Waals surface area contributed by atoms with Crippen LogP contribution in [0.25, 0.3) is 0 Å². The van der Waals surface area contributed by atoms with Gasteiger partial charge in [0.25, 0.3) is 0 Å². The lowest BCUT2D eigenvalue weighted by atomic mass is 10.0. The lowest BCUT2D eigenvalue weighted by Crippen LogP contribution is -2.10. The molecule has 0 radical (unpaired) electrons. The number of benzene rings is 1. The van der Waals surface area contributed by atoms with Crippen molar-refractivity contribution >= 4 is 17.5 Å². The molecule has 0 aliphatic heterocycles. The zero-order valence-corrected chi connectivity index (χ0v) is 8.98. The van der Waals surface area contributed by atoms with Gasteiger partial charge in [0.15, 0.2) is 5.78 Å². The first-order chi connectivity index (χ1) is 7.99. The van der Waals surface area contributed by atoms with Gasteiger partial charge in [0.05, 0.1) is 12.8 Å². The van der Waals surface area contributed by atoms with Crippen LogP contribution in [0.2, 0.25) is 0 Å². The topological polar surface area (TPSA) is 71.4 Å². The number of ketones is 2. The first-order valence-corrected chi connectivity index (χ1v) is 5.01. The summed E-state index contributed by atoms with van der Waals surface area (Å²) in [7, 11) is 0. The maximum atomic E-state index is 12.8. The number of carboxylic acids is 1. The van der Waals surface area contributed by atoms with Crippen molar-refractivity contribution in [2.45, 2.75) is 19.3 Å². The Labute approximate surface area is 97.1 Å². The van der Waals surface area contributed by atoms with Gasteiger partial charge in [-0.15, -0.1) is 0 Å². The van der Waals surface area contributed by atoms with E-state index in [4.69, 9.17) is 5.11 Å². The molecule has 0 saturated heterocycles. The average molecular weight is 238 g/mol. The Hall–Kier alpha value is -2.04. The summed E-state index contributed by atoms with van der Waals surface area (Å²) >= 11 is 0. The molecule has 1 N–H and O–H groups in total. The fourth-order valence-electron chi connectivity index (χ4n) is 1.28. The quantitative estimate of drug-likeness (QED) is 0.606. The third-order valence-electron chi connectivity index (χ3n) is 2.12. The van der Waals surface area contributed by atoms with Crippen molar-refractivity contribution in [3.8, 4) is 0 Å². The van der Waals surface area contributed by atoms with E-state index in [1.807, 2.05) is 0 Å². The highest BCUT2D eigenvalue weighted by Gasteiger charge is 2.13. The van der Waals surface area contributed by atoms with Crippen molar-refractivity contribution in [2.75, 3.05) is 0 Å². The van der Waals surface area contributed by atoms with Gasteiger partial charge in [0, 0.05) is 12.0 Å². The van der Waals surface area contributed by atoms with E-state index in [0.29, 0.717) is 0 Å². The van der Waals surface area contributed by atoms with E-state index in [-0.39, 0.29) is 18.4 Å². The summed E-state index contributed by atoms with van der Waals surface area (Å²) in [6.07, 6.45) is -0.873. The van der Waals surface area contributed by atoms with E-state index in [0.717, 1.165) is 6.07 Å². The summed E-state index contributed by atoms with van der Waals surface area (Å²) in [4.78, 5) is 33.0. The fourth-order valence-corrected chi connectivity index (χ4v) is 1.28. The van der Waals surface area contributed by atoms with Crippen LogP contribution in [0.5, 0.6) is 0 Å². The van der Waals surface area contributed by atoms with Crippen molar-refractivity contribution < 1.29 is 23.9 Å². The van der Waals surface area contributed by atoms with Crippen LogP contribution in [-0.2, 0) is 9.59 Å². The lowest BCUT2D eigenvalue weighted by Gasteiger charge is -2.00. The molecule has 0 bridgehead atoms. The minimum Gasteiger partial charge on any atom is -0.481 e. The predicted octanol–water partition coefficient (Wildman–Crippen LogP) is 1.83. The molecule has 1 rings (SSSR count). The van der Waals surface area contributed by atoms with E-state index >= 15 is 0 Å². The van der Waals surface area contributed by atoms with E-state index in [9.17, 15) is 18.8 Å². The number of carbonyl (C=O) groups excluding carboxylic acids is 2. The van der Waals surface area contributed by atoms with Crippen LogP contribution in [0.4, 0.5) is 4.39 Å². The van der Waals surface area contributed by atoms with Crippen LogP contribution in [0.1, 0.15) is 29.6 Å². The van der Waals surface area contributed by atoms with E-state index < -0.39 is 29.8 Å². The summed E-state index contributed by atoms with van der Waals surface area (Å²) in [5.41, 5.74) is 0.119. The average Bonchev–Trinajstić information content (AvgIpc) is 2.26. The number of hydrogen-bond donors (Lipinski definition) is 1. The SMILES string of the molecule is O=C(O)CCC(=O)CC(=O)c1cccc(F)c1. The maximum Gasteiger partial charge on any atom is 0.303 e. The second kappa shape index (κ2) is 5.89. The molecule has 0 aliphatic carbocycles. The minimum absolute atomic E-state index is 0.119. The Morgan fingerprint density at radius 2 is 1.88 bits per heavy atom. The minimum atomic E-state index is -1.09. The molecule has 0 aromatic heterocycles. The fraction of sp³-hybridized carbons (Fsp3) is 0.250. The summed E-state index contributed by atoms with van der Waals surface area (Å²) < 4.78 is 12.8. The van der Waals surface area contributed by atoms with Crippen LogP contribution in [0, 0.1) is 5.82 Å². The molecule has 0 aliphatic rings. The third kappa shape index (κ3) is 4.55. The van der Waals surface area contributed by atoms with E-state index in [2.05, 4.69) is 0 Å². The smallest absolute Gasteiger partial charge is 0.303 e. The highest BCUT2D eigenvalue weighted by atomic mass is 19.1. The van der Waals surface area contributed by atoms with Crippen LogP contribution in [-0.4, -0.2) is 22.6 Å². The third-order valence-corrected chi connectivity index (χ3v) is 2.12. The number of carbonyl (C=O) groups is 3. The molecule has 17 heavy (non-hydrogen) atoms. The molecule has 0 fully saturated rings. The lowest BCUT2D eigenvalue weighted by molar-refractivity contribution is -0.138. The molecule has 0 unspecified atom stereocenters. The van der Waals surface area contributed by atoms with Gasteiger partial charge in [-0.1, -0.05) is 12.1 Å². The zero-order valence-electron chi connectivity index (χ0n) is 8.98. The van der Waals surface area contributed by atoms with Gasteiger partial charge in [-0.25, -0.2) is 4.39 Å². The normalized spacial score (nSPS) is 9.94. The van der Waals surface area contributed by atoms with Gasteiger partial charge in [-0.05, 0) is 12.1 Å². The summed E-state index contributed by atoms with van der Waals surface area (Å²) in [6.45, 7) is 0. The largest absolute Gasteiger partial charge is 0.481 e. The number of aliphatic carboxylic acids is 1. The first-order valence-electron chi connectivity index (χ1n) is 5.01. The van der Waals surface area contributed by atoms with E-state index in [1.165, 1.54) is 18.2 Å². The molecule has 0 saturated carbocycles. The molecule has 0 spiro atoms. The molecule has 0 atom stereocenters. The predicted molar refractivity (Wildman–Crippen MR) is 57.2 cm³/mol. The second-order valence-electron chi connectivity index (χ2n) is 3.54. The molecular formula is C12H11FO4. The van der Waals surface area contributed by atoms with Crippen LogP contribution in [0.15, 0.2) is 24.3 Å². The highest BCUT2D eigenvalue weighted by molar-refractivity contribution is 6.08. The molecule has 4 nitrogen and oxygen atoms in total. The van der Waals surface area contributed by atoms with E-state index in [1.54, 1.807) is 0 Å². The molecule has 0 amide bonds. The van der Waals surface area contributed by atoms with Crippen molar-refractivity contribution in [3.63, 3.8) is 0 Å². The van der Waals surface area contributed by atoms with Crippen molar-refractivity contribution in [1.29, 1.82) is 0 Å². The first kappa shape index (κ1) is 13.0. The van der Waals surface area contributed by atoms with Crippen molar-refractivity contribution in [2.24, 2.45) is 0 Å².